The normalized spacial score (nSPS) is 14.6. The predicted molar refractivity (Wildman–Crippen MR) is 233 cm³/mol. The molecule has 0 atom stereocenters. The summed E-state index contributed by atoms with van der Waals surface area (Å²) in [5.74, 6) is 7.61. The number of rotatable bonds is 9. The van der Waals surface area contributed by atoms with E-state index in [1.54, 1.807) is 12.1 Å². The van der Waals surface area contributed by atoms with Crippen LogP contribution < -0.4 is 5.32 Å². The summed E-state index contributed by atoms with van der Waals surface area (Å²) >= 11 is 14.5. The van der Waals surface area contributed by atoms with Gasteiger partial charge in [-0.25, -0.2) is 9.97 Å². The number of imidazole rings is 1. The third-order valence-electron chi connectivity index (χ3n) is 12.2. The molecule has 1 saturated carbocycles. The minimum atomic E-state index is -2.12. The molecule has 11 heteroatoms. The third kappa shape index (κ3) is 7.76. The number of carbonyl (C=O) groups is 1. The number of aromatic amines is 1. The largest absolute Gasteiger partial charge is 0.349 e. The van der Waals surface area contributed by atoms with Crippen LogP contribution in [-0.4, -0.2) is 46.8 Å². The van der Waals surface area contributed by atoms with E-state index in [0.717, 1.165) is 47.8 Å². The van der Waals surface area contributed by atoms with E-state index in [-0.39, 0.29) is 11.9 Å². The van der Waals surface area contributed by atoms with Gasteiger partial charge in [-0.2, -0.15) is 4.37 Å². The van der Waals surface area contributed by atoms with E-state index in [2.05, 4.69) is 116 Å². The van der Waals surface area contributed by atoms with Crippen molar-refractivity contribution in [3.05, 3.63) is 38.9 Å². The predicted octanol–water partition coefficient (Wildman–Crippen LogP) is 12.7. The van der Waals surface area contributed by atoms with Crippen LogP contribution in [0.2, 0.25) is 43.3 Å². The zero-order valence-corrected chi connectivity index (χ0v) is 38.0. The van der Waals surface area contributed by atoms with Crippen molar-refractivity contribution in [3.63, 3.8) is 0 Å². The van der Waals surface area contributed by atoms with E-state index in [9.17, 15) is 4.79 Å². The maximum atomic E-state index is 14.0. The molecular formula is C42H57Cl2N5OSSi2. The first-order chi connectivity index (χ1) is 25.0. The van der Waals surface area contributed by atoms with Crippen molar-refractivity contribution in [2.45, 2.75) is 154 Å². The smallest absolute Gasteiger partial charge is 0.252 e. The Morgan fingerprint density at radius 2 is 1.21 bits per heavy atom. The molecule has 1 amide bonds. The van der Waals surface area contributed by atoms with Gasteiger partial charge in [-0.1, -0.05) is 137 Å². The number of nitrogens with zero attached hydrogens (tertiary/aromatic N) is 3. The zero-order valence-electron chi connectivity index (χ0n) is 33.6. The van der Waals surface area contributed by atoms with E-state index >= 15 is 0 Å². The monoisotopic (exact) mass is 805 g/mol. The van der Waals surface area contributed by atoms with Crippen LogP contribution in [0, 0.1) is 22.9 Å². The summed E-state index contributed by atoms with van der Waals surface area (Å²) in [7, 11) is -4.24. The molecule has 0 saturated heterocycles. The first-order valence-corrected chi connectivity index (χ1v) is 25.5. The van der Waals surface area contributed by atoms with Crippen molar-refractivity contribution < 1.29 is 4.79 Å². The Labute approximate surface area is 333 Å². The van der Waals surface area contributed by atoms with Crippen molar-refractivity contribution in [2.24, 2.45) is 0 Å². The van der Waals surface area contributed by atoms with Gasteiger partial charge in [0.15, 0.2) is 5.82 Å². The van der Waals surface area contributed by atoms with Crippen LogP contribution in [0.3, 0.4) is 0 Å². The van der Waals surface area contributed by atoms with Gasteiger partial charge >= 0.3 is 0 Å². The number of nitrogens with one attached hydrogen (secondary N) is 2. The van der Waals surface area contributed by atoms with Crippen LogP contribution in [0.5, 0.6) is 0 Å². The lowest BCUT2D eigenvalue weighted by molar-refractivity contribution is 0.0928. The summed E-state index contributed by atoms with van der Waals surface area (Å²) in [6.45, 7) is 27.8. The van der Waals surface area contributed by atoms with Crippen LogP contribution in [-0.2, 0) is 0 Å². The van der Waals surface area contributed by atoms with Crippen molar-refractivity contribution in [1.82, 2.24) is 24.0 Å². The van der Waals surface area contributed by atoms with Gasteiger partial charge in [0.2, 0.25) is 0 Å². The maximum Gasteiger partial charge on any atom is 0.252 e. The molecule has 1 aliphatic carbocycles. The molecule has 2 heterocycles. The van der Waals surface area contributed by atoms with Gasteiger partial charge in [-0.3, -0.25) is 9.17 Å². The Bertz CT molecular complexity index is 1960. The van der Waals surface area contributed by atoms with Gasteiger partial charge < -0.3 is 5.32 Å². The maximum absolute atomic E-state index is 14.0. The fraction of sp³-hybridized carbons (Fsp3) is 0.571. The highest BCUT2D eigenvalue weighted by Gasteiger charge is 2.43. The highest BCUT2D eigenvalue weighted by molar-refractivity contribution is 7.00. The van der Waals surface area contributed by atoms with Gasteiger partial charge in [-0.05, 0) is 58.2 Å². The number of carbonyl (C=O) groups excluding carboxylic acids is 1. The molecule has 0 spiro atoms. The van der Waals surface area contributed by atoms with E-state index < -0.39 is 16.1 Å². The van der Waals surface area contributed by atoms with Gasteiger partial charge in [-0.15, -0.1) is 11.1 Å². The summed E-state index contributed by atoms with van der Waals surface area (Å²) in [6, 6.07) is 3.49. The molecular weight excluding hydrogens is 750 g/mol. The number of benzene rings is 2. The second-order valence-electron chi connectivity index (χ2n) is 16.9. The number of aromatic nitrogens is 4. The number of amides is 1. The van der Waals surface area contributed by atoms with E-state index in [1.165, 1.54) is 18.1 Å². The van der Waals surface area contributed by atoms with Gasteiger partial charge in [0, 0.05) is 23.3 Å². The number of hydrogen-bond acceptors (Lipinski definition) is 5. The second kappa shape index (κ2) is 16.6. The zero-order chi connectivity index (χ0) is 39.0. The highest BCUT2D eigenvalue weighted by Crippen LogP contribution is 2.43. The molecule has 1 aliphatic rings. The van der Waals surface area contributed by atoms with Crippen LogP contribution in [0.25, 0.3) is 33.5 Å². The lowest BCUT2D eigenvalue weighted by Gasteiger charge is -2.38. The molecule has 0 aliphatic heterocycles. The molecule has 2 aromatic carbocycles. The summed E-state index contributed by atoms with van der Waals surface area (Å²) in [4.78, 5) is 24.4. The number of hydrogen-bond donors (Lipinski definition) is 2. The first kappa shape index (κ1) is 41.5. The summed E-state index contributed by atoms with van der Waals surface area (Å²) < 4.78 is 8.37. The lowest BCUT2D eigenvalue weighted by atomic mass is 9.95. The Kier molecular flexibility index (Phi) is 13.0. The van der Waals surface area contributed by atoms with Crippen molar-refractivity contribution in [2.75, 3.05) is 0 Å². The quantitative estimate of drug-likeness (QED) is 0.130. The highest BCUT2D eigenvalue weighted by atomic mass is 35.5. The van der Waals surface area contributed by atoms with Gasteiger partial charge in [0.05, 0.1) is 32.3 Å². The summed E-state index contributed by atoms with van der Waals surface area (Å²) in [5, 5.41) is 3.91. The van der Waals surface area contributed by atoms with Crippen molar-refractivity contribution >= 4 is 79.1 Å². The fourth-order valence-electron chi connectivity index (χ4n) is 9.47. The Balaban J connectivity index is 1.85. The topological polar surface area (TPSA) is 83.6 Å². The van der Waals surface area contributed by atoms with Crippen molar-refractivity contribution in [1.29, 1.82) is 0 Å². The molecule has 2 N–H and O–H groups in total. The minimum Gasteiger partial charge on any atom is -0.349 e. The van der Waals surface area contributed by atoms with Crippen LogP contribution in [0.15, 0.2) is 12.1 Å². The van der Waals surface area contributed by atoms with E-state index in [4.69, 9.17) is 37.5 Å². The van der Waals surface area contributed by atoms with Crippen LogP contribution in [0.4, 0.5) is 0 Å². The van der Waals surface area contributed by atoms with E-state index in [0.29, 0.717) is 71.3 Å². The molecule has 0 radical (unpaired) electrons. The van der Waals surface area contributed by atoms with E-state index in [1.807, 2.05) is 0 Å². The SMILES string of the molecule is CC(C)[Si](C#Cc1c2nc(-c3cc(Cl)c(Cl)cc3C(=O)NC3CCCCC3)nc2c(C#C[Si](C(C)C)(C(C)C)C(C)C)c2[nH]snc12)(C(C)C)C(C)C. The first-order valence-electron chi connectivity index (χ1n) is 19.5. The number of H-pyrrole nitrogens is 1. The average molecular weight is 807 g/mol. The van der Waals surface area contributed by atoms with Crippen LogP contribution in [0.1, 0.15) is 137 Å². The van der Waals surface area contributed by atoms with Gasteiger partial charge in [0.1, 0.15) is 32.7 Å². The summed E-state index contributed by atoms with van der Waals surface area (Å²) in [5.41, 5.74) is 16.0. The molecule has 4 aromatic rings. The van der Waals surface area contributed by atoms with Crippen LogP contribution >= 0.6 is 34.9 Å². The molecule has 1 fully saturated rings. The lowest BCUT2D eigenvalue weighted by Crippen LogP contribution is -2.43. The average Bonchev–Trinajstić information content (AvgIpc) is 3.74. The molecule has 284 valence electrons. The minimum absolute atomic E-state index is 0.120. The Morgan fingerprint density at radius 3 is 1.72 bits per heavy atom. The molecule has 5 rings (SSSR count). The number of fused-ring (bicyclic) bond motifs is 2. The molecule has 2 aromatic heterocycles. The molecule has 0 unspecified atom stereocenters. The number of halogens is 2. The van der Waals surface area contributed by atoms with Gasteiger partial charge in [0.25, 0.3) is 5.91 Å². The molecule has 53 heavy (non-hydrogen) atoms. The second-order valence-corrected chi connectivity index (χ2v) is 29.5. The van der Waals surface area contributed by atoms with Crippen molar-refractivity contribution in [3.8, 4) is 34.3 Å². The third-order valence-corrected chi connectivity index (χ3v) is 26.0. The molecule has 0 bridgehead atoms. The molecule has 6 nitrogen and oxygen atoms in total. The fourth-order valence-corrected chi connectivity index (χ4v) is 20.8. The Morgan fingerprint density at radius 1 is 0.736 bits per heavy atom. The standard InChI is InChI=1S/C42H57Cl2N5OSSi2/c1-24(2)52(25(3)4,26(5)6)20-18-31-37-38(32(40-39(31)48-51-49-40)19-21-53(27(7)8,28(9)10)29(11)12)47-41(46-37)33-22-35(43)36(44)23-34(33)42(50)45-30-16-14-13-15-17-30/h22-30,48H,13-17H2,1-12H3,(H,45,50). The Hall–Kier alpha value is -2.67. The summed E-state index contributed by atoms with van der Waals surface area (Å²) in [6.07, 6.45) is 5.34.